The lowest BCUT2D eigenvalue weighted by molar-refractivity contribution is 0.189. The Kier molecular flexibility index (Phi) is 4.36. The summed E-state index contributed by atoms with van der Waals surface area (Å²) in [5.74, 6) is 0. The van der Waals surface area contributed by atoms with Crippen LogP contribution in [0.25, 0.3) is 32.7 Å². The van der Waals surface area contributed by atoms with Crippen molar-refractivity contribution in [2.75, 3.05) is 27.7 Å². The maximum Gasteiger partial charge on any atom is 0.279 e. The molecule has 0 saturated heterocycles. The summed E-state index contributed by atoms with van der Waals surface area (Å²) in [5.41, 5.74) is 3.38. The molecule has 0 N–H and O–H groups in total. The summed E-state index contributed by atoms with van der Waals surface area (Å²) in [5, 5.41) is 3.52. The fourth-order valence-electron chi connectivity index (χ4n) is 3.83. The number of hydrogen-bond acceptors (Lipinski definition) is 3. The van der Waals surface area contributed by atoms with Gasteiger partial charge in [0.2, 0.25) is 0 Å². The number of rotatable bonds is 4. The van der Waals surface area contributed by atoms with Gasteiger partial charge in [0.05, 0.1) is 11.0 Å². The summed E-state index contributed by atoms with van der Waals surface area (Å²) in [7, 11) is 5.59. The Morgan fingerprint density at radius 3 is 2.59 bits per heavy atom. The topological polar surface area (TPSA) is 39.4 Å². The van der Waals surface area contributed by atoms with Crippen molar-refractivity contribution in [2.24, 2.45) is 0 Å². The lowest BCUT2D eigenvalue weighted by atomic mass is 10.0. The van der Waals surface area contributed by atoms with Gasteiger partial charge in [-0.3, -0.25) is 4.79 Å². The van der Waals surface area contributed by atoms with Crippen LogP contribution in [-0.4, -0.2) is 41.9 Å². The van der Waals surface area contributed by atoms with Crippen LogP contribution in [-0.2, 0) is 6.54 Å². The molecule has 0 aliphatic heterocycles. The van der Waals surface area contributed by atoms with E-state index in [-0.39, 0.29) is 5.56 Å². The van der Waals surface area contributed by atoms with Gasteiger partial charge in [-0.25, -0.2) is 0 Å². The fraction of sp³-hybridized carbons (Fsp3) is 0.286. The zero-order chi connectivity index (χ0) is 19.3. The Morgan fingerprint density at radius 1 is 1.11 bits per heavy atom. The van der Waals surface area contributed by atoms with Crippen LogP contribution in [0.15, 0.2) is 41.2 Å². The number of likely N-dealkylation sites (N-methyl/N-ethyl adjacent to an activating group) is 1. The summed E-state index contributed by atoms with van der Waals surface area (Å²) < 4.78 is 3.47. The summed E-state index contributed by atoms with van der Waals surface area (Å²) in [6, 6.07) is 11.7. The Hall–Kier alpha value is -2.50. The van der Waals surface area contributed by atoms with E-state index in [2.05, 4.69) is 17.9 Å². The van der Waals surface area contributed by atoms with Crippen molar-refractivity contribution >= 4 is 44.3 Å². The van der Waals surface area contributed by atoms with Gasteiger partial charge in [0.1, 0.15) is 7.11 Å². The van der Waals surface area contributed by atoms with Crippen LogP contribution in [0.5, 0.6) is 0 Å². The monoisotopic (exact) mass is 383 g/mol. The molecule has 140 valence electrons. The van der Waals surface area contributed by atoms with Crippen molar-refractivity contribution in [3.8, 4) is 0 Å². The van der Waals surface area contributed by atoms with Gasteiger partial charge in [0.15, 0.2) is 5.52 Å². The van der Waals surface area contributed by atoms with Crippen LogP contribution >= 0.6 is 11.6 Å². The van der Waals surface area contributed by atoms with Gasteiger partial charge in [0, 0.05) is 34.3 Å². The largest absolute Gasteiger partial charge is 0.416 e. The van der Waals surface area contributed by atoms with E-state index in [9.17, 15) is 4.79 Å². The highest BCUT2D eigenvalue weighted by molar-refractivity contribution is 6.32. The molecule has 6 heteroatoms. The van der Waals surface area contributed by atoms with E-state index in [0.29, 0.717) is 17.1 Å². The molecule has 2 aromatic carbocycles. The van der Waals surface area contributed by atoms with E-state index in [1.165, 1.54) is 0 Å². The van der Waals surface area contributed by atoms with Gasteiger partial charge in [-0.2, -0.15) is 4.73 Å². The molecule has 4 aromatic rings. The van der Waals surface area contributed by atoms with Gasteiger partial charge in [0.25, 0.3) is 5.56 Å². The van der Waals surface area contributed by atoms with Crippen molar-refractivity contribution in [1.29, 1.82) is 0 Å². The van der Waals surface area contributed by atoms with E-state index in [1.807, 2.05) is 49.0 Å². The number of halogens is 1. The van der Waals surface area contributed by atoms with E-state index < -0.39 is 0 Å². The zero-order valence-electron chi connectivity index (χ0n) is 15.9. The molecule has 0 bridgehead atoms. The van der Waals surface area contributed by atoms with Gasteiger partial charge in [-0.05, 0) is 50.8 Å². The lowest BCUT2D eigenvalue weighted by Crippen LogP contribution is -2.28. The normalized spacial score (nSPS) is 11.9. The summed E-state index contributed by atoms with van der Waals surface area (Å²) >= 11 is 6.28. The molecule has 0 unspecified atom stereocenters. The first kappa shape index (κ1) is 17.9. The van der Waals surface area contributed by atoms with Crippen LogP contribution in [0.3, 0.4) is 0 Å². The average Bonchev–Trinajstić information content (AvgIpc) is 2.95. The smallest absolute Gasteiger partial charge is 0.279 e. The molecule has 27 heavy (non-hydrogen) atoms. The van der Waals surface area contributed by atoms with Gasteiger partial charge >= 0.3 is 0 Å². The van der Waals surface area contributed by atoms with Crippen LogP contribution in [0, 0.1) is 6.92 Å². The Balaban J connectivity index is 2.27. The number of benzene rings is 2. The molecule has 0 saturated carbocycles. The highest BCUT2D eigenvalue weighted by Crippen LogP contribution is 2.35. The highest BCUT2D eigenvalue weighted by atomic mass is 35.5. The minimum absolute atomic E-state index is 0.0564. The molecule has 0 aliphatic rings. The average molecular weight is 384 g/mol. The summed E-state index contributed by atoms with van der Waals surface area (Å²) in [4.78, 5) is 21.2. The molecule has 4 rings (SSSR count). The molecular formula is C21H22ClN3O2. The molecule has 0 fully saturated rings. The SMILES string of the molecule is COn1c2ccc(Cl)cc2c2c3c(C)cccc3n(CCN(C)C)c(=O)c21. The molecular weight excluding hydrogens is 362 g/mol. The Labute approximate surface area is 162 Å². The maximum absolute atomic E-state index is 13.5. The van der Waals surface area contributed by atoms with Crippen molar-refractivity contribution in [3.63, 3.8) is 0 Å². The minimum atomic E-state index is -0.0564. The van der Waals surface area contributed by atoms with E-state index in [1.54, 1.807) is 11.8 Å². The van der Waals surface area contributed by atoms with Crippen LogP contribution < -0.4 is 10.4 Å². The van der Waals surface area contributed by atoms with E-state index >= 15 is 0 Å². The number of hydrogen-bond donors (Lipinski definition) is 0. The summed E-state index contributed by atoms with van der Waals surface area (Å²) in [6.45, 7) is 3.45. The van der Waals surface area contributed by atoms with Crippen LogP contribution in [0.1, 0.15) is 5.56 Å². The first-order valence-corrected chi connectivity index (χ1v) is 9.27. The maximum atomic E-state index is 13.5. The molecule has 5 nitrogen and oxygen atoms in total. The van der Waals surface area contributed by atoms with Crippen molar-refractivity contribution < 1.29 is 4.84 Å². The molecule has 2 heterocycles. The third-order valence-electron chi connectivity index (χ3n) is 5.08. The predicted octanol–water partition coefficient (Wildman–Crippen LogP) is 3.69. The minimum Gasteiger partial charge on any atom is -0.416 e. The quantitative estimate of drug-likeness (QED) is 0.539. The molecule has 0 radical (unpaired) electrons. The number of pyridine rings is 1. The first-order chi connectivity index (χ1) is 12.9. The molecule has 0 aliphatic carbocycles. The predicted molar refractivity (Wildman–Crippen MR) is 112 cm³/mol. The molecule has 0 atom stereocenters. The zero-order valence-corrected chi connectivity index (χ0v) is 16.7. The fourth-order valence-corrected chi connectivity index (χ4v) is 4.01. The second-order valence-electron chi connectivity index (χ2n) is 7.09. The lowest BCUT2D eigenvalue weighted by Gasteiger charge is -2.16. The van der Waals surface area contributed by atoms with Gasteiger partial charge in [-0.15, -0.1) is 0 Å². The highest BCUT2D eigenvalue weighted by Gasteiger charge is 2.21. The number of nitrogens with zero attached hydrogens (tertiary/aromatic N) is 3. The van der Waals surface area contributed by atoms with Gasteiger partial charge in [-0.1, -0.05) is 23.7 Å². The molecule has 0 amide bonds. The number of aryl methyl sites for hydroxylation is 1. The third kappa shape index (κ3) is 2.69. The van der Waals surface area contributed by atoms with Crippen molar-refractivity contribution in [2.45, 2.75) is 13.5 Å². The first-order valence-electron chi connectivity index (χ1n) is 8.89. The third-order valence-corrected chi connectivity index (χ3v) is 5.31. The van der Waals surface area contributed by atoms with Crippen molar-refractivity contribution in [3.05, 3.63) is 57.3 Å². The van der Waals surface area contributed by atoms with Crippen LogP contribution in [0.2, 0.25) is 5.02 Å². The van der Waals surface area contributed by atoms with Crippen molar-refractivity contribution in [1.82, 2.24) is 14.2 Å². The Bertz CT molecular complexity index is 1240. The number of fused-ring (bicyclic) bond motifs is 5. The van der Waals surface area contributed by atoms with E-state index in [4.69, 9.17) is 16.4 Å². The standard InChI is InChI=1S/C21H22ClN3O2/c1-13-6-5-7-17-18(13)19-15-12-14(22)8-9-16(15)25(27-4)20(19)21(26)24(17)11-10-23(2)3/h5-9,12H,10-11H2,1-4H3. The van der Waals surface area contributed by atoms with Crippen LogP contribution in [0.4, 0.5) is 0 Å². The second-order valence-corrected chi connectivity index (χ2v) is 7.53. The molecule has 0 spiro atoms. The van der Waals surface area contributed by atoms with Gasteiger partial charge < -0.3 is 14.3 Å². The number of aromatic nitrogens is 2. The molecule has 2 aromatic heterocycles. The second kappa shape index (κ2) is 6.59. The Morgan fingerprint density at radius 2 is 1.89 bits per heavy atom. The summed E-state index contributed by atoms with van der Waals surface area (Å²) in [6.07, 6.45) is 0. The van der Waals surface area contributed by atoms with E-state index in [0.717, 1.165) is 39.3 Å².